The highest BCUT2D eigenvalue weighted by molar-refractivity contribution is 5.12. The van der Waals surface area contributed by atoms with Gasteiger partial charge in [-0.05, 0) is 56.4 Å². The molecule has 0 aliphatic heterocycles. The van der Waals surface area contributed by atoms with Crippen LogP contribution in [0.2, 0.25) is 0 Å². The third-order valence-corrected chi connectivity index (χ3v) is 4.52. The first-order valence-corrected chi connectivity index (χ1v) is 5.57. The quantitative estimate of drug-likeness (QED) is 0.661. The van der Waals surface area contributed by atoms with Crippen LogP contribution in [0.1, 0.15) is 39.0 Å². The highest BCUT2D eigenvalue weighted by Crippen LogP contribution is 2.60. The number of nitrogens with one attached hydrogen (secondary N) is 1. The van der Waals surface area contributed by atoms with E-state index in [-0.39, 0.29) is 0 Å². The lowest BCUT2D eigenvalue weighted by atomic mass is 9.80. The summed E-state index contributed by atoms with van der Waals surface area (Å²) in [5.41, 5.74) is 0.627. The van der Waals surface area contributed by atoms with E-state index in [1.165, 1.54) is 19.4 Å². The minimum Gasteiger partial charge on any atom is -0.311 e. The van der Waals surface area contributed by atoms with Gasteiger partial charge >= 0.3 is 0 Å². The van der Waals surface area contributed by atoms with Gasteiger partial charge in [-0.2, -0.15) is 0 Å². The SMILES string of the molecule is CCNC12CC3CC(CC1C3)C2. The topological polar surface area (TPSA) is 12.0 Å². The van der Waals surface area contributed by atoms with Crippen molar-refractivity contribution in [2.24, 2.45) is 17.8 Å². The fourth-order valence-corrected chi connectivity index (χ4v) is 4.44. The van der Waals surface area contributed by atoms with Gasteiger partial charge in [-0.1, -0.05) is 6.92 Å². The first kappa shape index (κ1) is 7.37. The molecule has 0 saturated heterocycles. The maximum Gasteiger partial charge on any atom is 0.0215 e. The van der Waals surface area contributed by atoms with Crippen LogP contribution in [0, 0.1) is 17.8 Å². The van der Waals surface area contributed by atoms with Crippen LogP contribution in [0.25, 0.3) is 0 Å². The van der Waals surface area contributed by atoms with E-state index in [0.717, 1.165) is 17.8 Å². The molecule has 0 radical (unpaired) electrons. The molecule has 0 amide bonds. The molecule has 4 fully saturated rings. The number of hydrogen-bond acceptors (Lipinski definition) is 1. The van der Waals surface area contributed by atoms with E-state index in [0.29, 0.717) is 5.54 Å². The van der Waals surface area contributed by atoms with Gasteiger partial charge in [-0.25, -0.2) is 0 Å². The Labute approximate surface area is 74.9 Å². The Bertz CT molecular complexity index is 185. The van der Waals surface area contributed by atoms with Crippen LogP contribution < -0.4 is 5.32 Å². The molecule has 4 rings (SSSR count). The lowest BCUT2D eigenvalue weighted by Gasteiger charge is -2.33. The van der Waals surface area contributed by atoms with E-state index in [1.807, 2.05) is 0 Å². The van der Waals surface area contributed by atoms with Gasteiger partial charge in [0.15, 0.2) is 0 Å². The monoisotopic (exact) mass is 165 g/mol. The Hall–Kier alpha value is -0.0400. The molecular weight excluding hydrogens is 146 g/mol. The molecule has 4 aliphatic carbocycles. The predicted octanol–water partition coefficient (Wildman–Crippen LogP) is 2.17. The second kappa shape index (κ2) is 2.25. The van der Waals surface area contributed by atoms with Gasteiger partial charge in [0, 0.05) is 5.54 Å². The van der Waals surface area contributed by atoms with Crippen molar-refractivity contribution in [2.45, 2.75) is 44.6 Å². The summed E-state index contributed by atoms with van der Waals surface area (Å²) in [4.78, 5) is 0. The second-order valence-electron chi connectivity index (χ2n) is 5.23. The Morgan fingerprint density at radius 2 is 1.83 bits per heavy atom. The van der Waals surface area contributed by atoms with Crippen LogP contribution in [0.15, 0.2) is 0 Å². The Morgan fingerprint density at radius 1 is 1.17 bits per heavy atom. The number of hydrogen-bond donors (Lipinski definition) is 1. The molecule has 1 heteroatoms. The standard InChI is InChI=1S/C11H19N/c1-2-12-11-6-8-3-9(7-11)5-10(11)4-8/h8-10,12H,2-7H2,1H3. The molecule has 0 heterocycles. The van der Waals surface area contributed by atoms with Crippen LogP contribution in [0.4, 0.5) is 0 Å². The first-order chi connectivity index (χ1) is 5.82. The van der Waals surface area contributed by atoms with E-state index in [9.17, 15) is 0 Å². The van der Waals surface area contributed by atoms with Crippen LogP contribution >= 0.6 is 0 Å². The molecule has 2 atom stereocenters. The third kappa shape index (κ3) is 0.783. The van der Waals surface area contributed by atoms with E-state index < -0.39 is 0 Å². The maximum atomic E-state index is 3.78. The van der Waals surface area contributed by atoms with Crippen LogP contribution in [-0.4, -0.2) is 12.1 Å². The molecule has 68 valence electrons. The highest BCUT2D eigenvalue weighted by atomic mass is 15.0. The zero-order valence-electron chi connectivity index (χ0n) is 7.97. The van der Waals surface area contributed by atoms with E-state index in [2.05, 4.69) is 12.2 Å². The summed E-state index contributed by atoms with van der Waals surface area (Å²) >= 11 is 0. The predicted molar refractivity (Wildman–Crippen MR) is 50.0 cm³/mol. The molecular formula is C11H19N. The van der Waals surface area contributed by atoms with Crippen molar-refractivity contribution in [1.29, 1.82) is 0 Å². The molecule has 2 unspecified atom stereocenters. The zero-order chi connectivity index (χ0) is 8.18. The average molecular weight is 165 g/mol. The van der Waals surface area contributed by atoms with Gasteiger partial charge in [-0.3, -0.25) is 0 Å². The molecule has 4 aliphatic rings. The molecule has 12 heavy (non-hydrogen) atoms. The summed E-state index contributed by atoms with van der Waals surface area (Å²) in [6, 6.07) is 0. The molecule has 0 aromatic carbocycles. The van der Waals surface area contributed by atoms with Crippen molar-refractivity contribution < 1.29 is 0 Å². The third-order valence-electron chi connectivity index (χ3n) is 4.52. The molecule has 4 saturated carbocycles. The molecule has 0 aromatic heterocycles. The Morgan fingerprint density at radius 3 is 2.42 bits per heavy atom. The number of rotatable bonds is 2. The van der Waals surface area contributed by atoms with Gasteiger partial charge in [0.05, 0.1) is 0 Å². The molecule has 0 aromatic rings. The van der Waals surface area contributed by atoms with E-state index in [4.69, 9.17) is 0 Å². The summed E-state index contributed by atoms with van der Waals surface area (Å²) < 4.78 is 0. The molecule has 4 bridgehead atoms. The van der Waals surface area contributed by atoms with Crippen molar-refractivity contribution >= 4 is 0 Å². The largest absolute Gasteiger partial charge is 0.311 e. The van der Waals surface area contributed by atoms with Gasteiger partial charge in [-0.15, -0.1) is 0 Å². The zero-order valence-corrected chi connectivity index (χ0v) is 7.97. The Balaban J connectivity index is 1.88. The summed E-state index contributed by atoms with van der Waals surface area (Å²) in [6.07, 6.45) is 7.65. The van der Waals surface area contributed by atoms with Crippen molar-refractivity contribution in [3.63, 3.8) is 0 Å². The smallest absolute Gasteiger partial charge is 0.0215 e. The van der Waals surface area contributed by atoms with Crippen molar-refractivity contribution in [3.05, 3.63) is 0 Å². The van der Waals surface area contributed by atoms with Crippen LogP contribution in [-0.2, 0) is 0 Å². The molecule has 1 nitrogen and oxygen atoms in total. The lowest BCUT2D eigenvalue weighted by molar-refractivity contribution is 0.238. The summed E-state index contributed by atoms with van der Waals surface area (Å²) in [6.45, 7) is 3.43. The maximum absolute atomic E-state index is 3.78. The van der Waals surface area contributed by atoms with Crippen LogP contribution in [0.3, 0.4) is 0 Å². The highest BCUT2D eigenvalue weighted by Gasteiger charge is 2.56. The van der Waals surface area contributed by atoms with E-state index >= 15 is 0 Å². The van der Waals surface area contributed by atoms with Gasteiger partial charge in [0.2, 0.25) is 0 Å². The normalized spacial score (nSPS) is 55.2. The molecule has 0 spiro atoms. The Kier molecular flexibility index (Phi) is 1.39. The first-order valence-electron chi connectivity index (χ1n) is 5.57. The van der Waals surface area contributed by atoms with E-state index in [1.54, 1.807) is 19.3 Å². The van der Waals surface area contributed by atoms with Crippen molar-refractivity contribution in [2.75, 3.05) is 6.54 Å². The second-order valence-corrected chi connectivity index (χ2v) is 5.23. The summed E-state index contributed by atoms with van der Waals surface area (Å²) in [7, 11) is 0. The van der Waals surface area contributed by atoms with Gasteiger partial charge < -0.3 is 5.32 Å². The fourth-order valence-electron chi connectivity index (χ4n) is 4.44. The van der Waals surface area contributed by atoms with Crippen LogP contribution in [0.5, 0.6) is 0 Å². The van der Waals surface area contributed by atoms with Gasteiger partial charge in [0.25, 0.3) is 0 Å². The minimum absolute atomic E-state index is 0.627. The lowest BCUT2D eigenvalue weighted by Crippen LogP contribution is -2.46. The van der Waals surface area contributed by atoms with Gasteiger partial charge in [0.1, 0.15) is 0 Å². The fraction of sp³-hybridized carbons (Fsp3) is 1.00. The summed E-state index contributed by atoms with van der Waals surface area (Å²) in [5, 5.41) is 3.78. The minimum atomic E-state index is 0.627. The van der Waals surface area contributed by atoms with Crippen molar-refractivity contribution in [1.82, 2.24) is 5.32 Å². The summed E-state index contributed by atoms with van der Waals surface area (Å²) in [5.74, 6) is 3.25. The molecule has 1 N–H and O–H groups in total. The van der Waals surface area contributed by atoms with Crippen molar-refractivity contribution in [3.8, 4) is 0 Å². The average Bonchev–Trinajstić information content (AvgIpc) is 2.36.